The van der Waals surface area contributed by atoms with Crippen LogP contribution >= 0.6 is 0 Å². The first-order valence-corrected chi connectivity index (χ1v) is 5.39. The Labute approximate surface area is 91.1 Å². The van der Waals surface area contributed by atoms with Gasteiger partial charge < -0.3 is 10.4 Å². The molecule has 0 unspecified atom stereocenters. The number of carboxylic acid groups (broad SMARTS) is 1. The predicted molar refractivity (Wildman–Crippen MR) is 58.5 cm³/mol. The third-order valence-electron chi connectivity index (χ3n) is 2.68. The first-order valence-electron chi connectivity index (χ1n) is 5.39. The predicted octanol–water partition coefficient (Wildman–Crippen LogP) is 1.79. The molecule has 0 heterocycles. The molecule has 0 saturated carbocycles. The summed E-state index contributed by atoms with van der Waals surface area (Å²) in [6.07, 6.45) is 1.90. The molecule has 0 saturated heterocycles. The van der Waals surface area contributed by atoms with Gasteiger partial charge in [-0.3, -0.25) is 4.79 Å². The van der Waals surface area contributed by atoms with Crippen molar-refractivity contribution in [3.63, 3.8) is 0 Å². The van der Waals surface area contributed by atoms with Crippen LogP contribution in [0.5, 0.6) is 0 Å². The second-order valence-corrected chi connectivity index (χ2v) is 4.39. The lowest BCUT2D eigenvalue weighted by Crippen LogP contribution is -2.46. The van der Waals surface area contributed by atoms with E-state index in [0.717, 1.165) is 6.42 Å². The average molecular weight is 215 g/mol. The van der Waals surface area contributed by atoms with Gasteiger partial charge >= 0.3 is 5.97 Å². The highest BCUT2D eigenvalue weighted by molar-refractivity contribution is 5.86. The average Bonchev–Trinajstić information content (AvgIpc) is 2.16. The highest BCUT2D eigenvalue weighted by Gasteiger charge is 2.29. The molecule has 0 fully saturated rings. The van der Waals surface area contributed by atoms with E-state index < -0.39 is 17.4 Å². The Morgan fingerprint density at radius 1 is 1.33 bits per heavy atom. The monoisotopic (exact) mass is 215 g/mol. The summed E-state index contributed by atoms with van der Waals surface area (Å²) >= 11 is 0. The Balaban J connectivity index is 4.41. The molecule has 0 radical (unpaired) electrons. The number of hydrogen-bond donors (Lipinski definition) is 2. The van der Waals surface area contributed by atoms with Gasteiger partial charge in [-0.1, -0.05) is 34.1 Å². The molecule has 4 heteroatoms. The molecule has 0 aliphatic rings. The van der Waals surface area contributed by atoms with Crippen LogP contribution in [0.25, 0.3) is 0 Å². The quantitative estimate of drug-likeness (QED) is 0.710. The Morgan fingerprint density at radius 2 is 1.87 bits per heavy atom. The van der Waals surface area contributed by atoms with E-state index in [4.69, 9.17) is 5.11 Å². The largest absolute Gasteiger partial charge is 0.480 e. The van der Waals surface area contributed by atoms with Gasteiger partial charge in [0.05, 0.1) is 0 Å². The fourth-order valence-corrected chi connectivity index (χ4v) is 1.06. The molecule has 0 aliphatic carbocycles. The standard InChI is InChI=1S/C11H21NO3/c1-5-7-8(9(13)14)12-10(15)11(3,4)6-2/h8H,5-7H2,1-4H3,(H,12,15)(H,13,14)/t8-/m0/s1. The molecular formula is C11H21NO3. The van der Waals surface area contributed by atoms with Crippen LogP contribution in [0.15, 0.2) is 0 Å². The number of carbonyl (C=O) groups excluding carboxylic acids is 1. The molecule has 15 heavy (non-hydrogen) atoms. The summed E-state index contributed by atoms with van der Waals surface area (Å²) in [6.45, 7) is 7.43. The summed E-state index contributed by atoms with van der Waals surface area (Å²) in [5.74, 6) is -1.15. The molecule has 0 spiro atoms. The number of carbonyl (C=O) groups is 2. The minimum Gasteiger partial charge on any atom is -0.480 e. The van der Waals surface area contributed by atoms with Crippen molar-refractivity contribution >= 4 is 11.9 Å². The number of hydrogen-bond acceptors (Lipinski definition) is 2. The molecule has 0 aromatic carbocycles. The summed E-state index contributed by atoms with van der Waals surface area (Å²) in [7, 11) is 0. The minimum atomic E-state index is -0.961. The van der Waals surface area contributed by atoms with E-state index in [0.29, 0.717) is 12.8 Å². The molecule has 1 atom stereocenters. The minimum absolute atomic E-state index is 0.189. The van der Waals surface area contributed by atoms with Gasteiger partial charge in [-0.05, 0) is 12.8 Å². The fraction of sp³-hybridized carbons (Fsp3) is 0.818. The van der Waals surface area contributed by atoms with Gasteiger partial charge in [0.2, 0.25) is 5.91 Å². The lowest BCUT2D eigenvalue weighted by atomic mass is 9.89. The van der Waals surface area contributed by atoms with Crippen molar-refractivity contribution < 1.29 is 14.7 Å². The molecule has 1 amide bonds. The zero-order valence-corrected chi connectivity index (χ0v) is 9.96. The summed E-state index contributed by atoms with van der Waals surface area (Å²) in [6, 6.07) is -0.756. The van der Waals surface area contributed by atoms with Crippen LogP contribution in [-0.4, -0.2) is 23.0 Å². The molecule has 88 valence electrons. The van der Waals surface area contributed by atoms with E-state index in [1.165, 1.54) is 0 Å². The Morgan fingerprint density at radius 3 is 2.20 bits per heavy atom. The zero-order valence-electron chi connectivity index (χ0n) is 9.96. The number of amides is 1. The van der Waals surface area contributed by atoms with Gasteiger partial charge in [-0.15, -0.1) is 0 Å². The topological polar surface area (TPSA) is 66.4 Å². The van der Waals surface area contributed by atoms with Crippen LogP contribution in [0.1, 0.15) is 47.0 Å². The van der Waals surface area contributed by atoms with E-state index >= 15 is 0 Å². The highest BCUT2D eigenvalue weighted by Crippen LogP contribution is 2.19. The van der Waals surface area contributed by atoms with Crippen molar-refractivity contribution in [3.8, 4) is 0 Å². The van der Waals surface area contributed by atoms with E-state index in [2.05, 4.69) is 5.32 Å². The molecular weight excluding hydrogens is 194 g/mol. The summed E-state index contributed by atoms with van der Waals surface area (Å²) < 4.78 is 0. The summed E-state index contributed by atoms with van der Waals surface area (Å²) in [4.78, 5) is 22.5. The van der Waals surface area contributed by atoms with Crippen molar-refractivity contribution in [2.45, 2.75) is 53.0 Å². The van der Waals surface area contributed by atoms with Crippen molar-refractivity contribution in [3.05, 3.63) is 0 Å². The highest BCUT2D eigenvalue weighted by atomic mass is 16.4. The first kappa shape index (κ1) is 13.9. The van der Waals surface area contributed by atoms with Crippen molar-refractivity contribution in [1.82, 2.24) is 5.32 Å². The van der Waals surface area contributed by atoms with Gasteiger partial charge in [-0.2, -0.15) is 0 Å². The maximum absolute atomic E-state index is 11.7. The lowest BCUT2D eigenvalue weighted by molar-refractivity contribution is -0.143. The second-order valence-electron chi connectivity index (χ2n) is 4.39. The van der Waals surface area contributed by atoms with E-state index in [9.17, 15) is 9.59 Å². The molecule has 2 N–H and O–H groups in total. The Hall–Kier alpha value is -1.06. The maximum atomic E-state index is 11.7. The lowest BCUT2D eigenvalue weighted by Gasteiger charge is -2.24. The van der Waals surface area contributed by atoms with Crippen LogP contribution < -0.4 is 5.32 Å². The maximum Gasteiger partial charge on any atom is 0.326 e. The Bertz CT molecular complexity index is 236. The van der Waals surface area contributed by atoms with E-state index in [1.54, 1.807) is 0 Å². The molecule has 0 aromatic rings. The van der Waals surface area contributed by atoms with Crippen LogP contribution in [-0.2, 0) is 9.59 Å². The smallest absolute Gasteiger partial charge is 0.326 e. The zero-order chi connectivity index (χ0) is 12.1. The van der Waals surface area contributed by atoms with Crippen LogP contribution in [0.3, 0.4) is 0 Å². The molecule has 0 rings (SSSR count). The molecule has 0 bridgehead atoms. The third kappa shape index (κ3) is 4.32. The third-order valence-corrected chi connectivity index (χ3v) is 2.68. The first-order chi connectivity index (χ1) is 6.85. The van der Waals surface area contributed by atoms with Gasteiger partial charge in [-0.25, -0.2) is 4.79 Å². The summed E-state index contributed by atoms with van der Waals surface area (Å²) in [5.41, 5.74) is -0.499. The van der Waals surface area contributed by atoms with Crippen LogP contribution in [0.2, 0.25) is 0 Å². The van der Waals surface area contributed by atoms with Crippen molar-refractivity contribution in [1.29, 1.82) is 0 Å². The van der Waals surface area contributed by atoms with Crippen molar-refractivity contribution in [2.75, 3.05) is 0 Å². The van der Waals surface area contributed by atoms with Crippen LogP contribution in [0.4, 0.5) is 0 Å². The second kappa shape index (κ2) is 5.73. The van der Waals surface area contributed by atoms with Gasteiger partial charge in [0.1, 0.15) is 6.04 Å². The number of rotatable bonds is 6. The Kier molecular flexibility index (Phi) is 5.33. The van der Waals surface area contributed by atoms with Crippen LogP contribution in [0, 0.1) is 5.41 Å². The molecule has 4 nitrogen and oxygen atoms in total. The molecule has 0 aromatic heterocycles. The number of carboxylic acids is 1. The van der Waals surface area contributed by atoms with E-state index in [1.807, 2.05) is 27.7 Å². The van der Waals surface area contributed by atoms with Gasteiger partial charge in [0, 0.05) is 5.41 Å². The summed E-state index contributed by atoms with van der Waals surface area (Å²) in [5, 5.41) is 11.4. The molecule has 0 aliphatic heterocycles. The SMILES string of the molecule is CCC[C@H](NC(=O)C(C)(C)CC)C(=O)O. The van der Waals surface area contributed by atoms with Crippen molar-refractivity contribution in [2.24, 2.45) is 5.41 Å². The van der Waals surface area contributed by atoms with Gasteiger partial charge in [0.15, 0.2) is 0 Å². The van der Waals surface area contributed by atoms with Gasteiger partial charge in [0.25, 0.3) is 0 Å². The number of nitrogens with one attached hydrogen (secondary N) is 1. The number of aliphatic carboxylic acids is 1. The fourth-order valence-electron chi connectivity index (χ4n) is 1.06. The normalized spacial score (nSPS) is 13.3. The van der Waals surface area contributed by atoms with E-state index in [-0.39, 0.29) is 5.91 Å².